The highest BCUT2D eigenvalue weighted by Gasteiger charge is 2.27. The standard InChI is InChI=1S/C12H17N3O3/c1-8-4-7-18-10(8)12(16)15-5-2-9(3-6-15)11(13)14-17/h4,7,9,17H,2-3,5-6H2,1H3,(H2,13,14). The lowest BCUT2D eigenvalue weighted by molar-refractivity contribution is 0.0676. The van der Waals surface area contributed by atoms with Crippen molar-refractivity contribution < 1.29 is 14.4 Å². The molecule has 0 unspecified atom stereocenters. The number of hydrogen-bond acceptors (Lipinski definition) is 4. The van der Waals surface area contributed by atoms with Crippen molar-refractivity contribution in [3.05, 3.63) is 23.7 Å². The third-order valence-corrected chi connectivity index (χ3v) is 3.37. The number of nitrogens with two attached hydrogens (primary N) is 1. The van der Waals surface area contributed by atoms with Crippen LogP contribution in [0.4, 0.5) is 0 Å². The summed E-state index contributed by atoms with van der Waals surface area (Å²) in [5.41, 5.74) is 6.41. The van der Waals surface area contributed by atoms with Gasteiger partial charge in [0.25, 0.3) is 5.91 Å². The molecular formula is C12H17N3O3. The fourth-order valence-corrected chi connectivity index (χ4v) is 2.20. The van der Waals surface area contributed by atoms with Crippen LogP contribution in [0.5, 0.6) is 0 Å². The van der Waals surface area contributed by atoms with Gasteiger partial charge in [-0.3, -0.25) is 4.79 Å². The average molecular weight is 251 g/mol. The Hall–Kier alpha value is -1.98. The zero-order chi connectivity index (χ0) is 13.1. The maximum Gasteiger partial charge on any atom is 0.289 e. The molecule has 3 N–H and O–H groups in total. The highest BCUT2D eigenvalue weighted by molar-refractivity contribution is 5.93. The molecule has 0 spiro atoms. The highest BCUT2D eigenvalue weighted by atomic mass is 16.4. The van der Waals surface area contributed by atoms with Crippen LogP contribution in [0.15, 0.2) is 21.9 Å². The van der Waals surface area contributed by atoms with Crippen LogP contribution in [-0.2, 0) is 0 Å². The van der Waals surface area contributed by atoms with Gasteiger partial charge in [0.2, 0.25) is 0 Å². The highest BCUT2D eigenvalue weighted by Crippen LogP contribution is 2.20. The van der Waals surface area contributed by atoms with E-state index in [9.17, 15) is 4.79 Å². The summed E-state index contributed by atoms with van der Waals surface area (Å²) < 4.78 is 5.20. The molecule has 18 heavy (non-hydrogen) atoms. The van der Waals surface area contributed by atoms with E-state index in [1.165, 1.54) is 6.26 Å². The molecule has 0 radical (unpaired) electrons. The molecule has 1 saturated heterocycles. The van der Waals surface area contributed by atoms with E-state index in [2.05, 4.69) is 5.16 Å². The molecule has 0 bridgehead atoms. The Morgan fingerprint density at radius 3 is 2.72 bits per heavy atom. The molecule has 0 saturated carbocycles. The Labute approximate surface area is 105 Å². The number of carbonyl (C=O) groups excluding carboxylic acids is 1. The third kappa shape index (κ3) is 2.32. The SMILES string of the molecule is Cc1ccoc1C(=O)N1CCC(C(N)=NO)CC1. The van der Waals surface area contributed by atoms with Gasteiger partial charge in [0.05, 0.1) is 6.26 Å². The second-order valence-corrected chi connectivity index (χ2v) is 4.52. The summed E-state index contributed by atoms with van der Waals surface area (Å²) in [5.74, 6) is 0.612. The number of aryl methyl sites for hydroxylation is 1. The van der Waals surface area contributed by atoms with Crippen LogP contribution >= 0.6 is 0 Å². The zero-order valence-electron chi connectivity index (χ0n) is 10.3. The molecule has 0 atom stereocenters. The van der Waals surface area contributed by atoms with E-state index in [0.717, 1.165) is 5.56 Å². The lowest BCUT2D eigenvalue weighted by Gasteiger charge is -2.30. The number of piperidine rings is 1. The number of rotatable bonds is 2. The predicted octanol–water partition coefficient (Wildman–Crippen LogP) is 1.19. The maximum absolute atomic E-state index is 12.1. The van der Waals surface area contributed by atoms with Gasteiger partial charge in [-0.1, -0.05) is 5.16 Å². The lowest BCUT2D eigenvalue weighted by atomic mass is 9.95. The van der Waals surface area contributed by atoms with Gasteiger partial charge in [-0.15, -0.1) is 0 Å². The molecule has 0 aromatic carbocycles. The lowest BCUT2D eigenvalue weighted by Crippen LogP contribution is -2.41. The Kier molecular flexibility index (Phi) is 3.55. The molecule has 1 aliphatic rings. The van der Waals surface area contributed by atoms with Gasteiger partial charge in [-0.25, -0.2) is 0 Å². The van der Waals surface area contributed by atoms with Crippen LogP contribution < -0.4 is 5.73 Å². The summed E-state index contributed by atoms with van der Waals surface area (Å²) >= 11 is 0. The van der Waals surface area contributed by atoms with E-state index < -0.39 is 0 Å². The van der Waals surface area contributed by atoms with Crippen molar-refractivity contribution in [2.24, 2.45) is 16.8 Å². The van der Waals surface area contributed by atoms with Crippen molar-refractivity contribution in [1.29, 1.82) is 0 Å². The minimum absolute atomic E-state index is 0.0525. The van der Waals surface area contributed by atoms with Crippen molar-refractivity contribution in [3.8, 4) is 0 Å². The number of nitrogens with zero attached hydrogens (tertiary/aromatic N) is 2. The normalized spacial score (nSPS) is 18.1. The van der Waals surface area contributed by atoms with E-state index in [1.54, 1.807) is 11.0 Å². The number of furan rings is 1. The van der Waals surface area contributed by atoms with E-state index in [-0.39, 0.29) is 17.7 Å². The average Bonchev–Trinajstić information content (AvgIpc) is 2.83. The van der Waals surface area contributed by atoms with Gasteiger partial charge >= 0.3 is 0 Å². The molecule has 98 valence electrons. The second kappa shape index (κ2) is 5.12. The van der Waals surface area contributed by atoms with Gasteiger partial charge in [-0.2, -0.15) is 0 Å². The van der Waals surface area contributed by atoms with Crippen molar-refractivity contribution in [1.82, 2.24) is 4.90 Å². The smallest absolute Gasteiger partial charge is 0.289 e. The van der Waals surface area contributed by atoms with Crippen LogP contribution in [0.1, 0.15) is 29.0 Å². The molecular weight excluding hydrogens is 234 g/mol. The van der Waals surface area contributed by atoms with E-state index in [0.29, 0.717) is 31.7 Å². The summed E-state index contributed by atoms with van der Waals surface area (Å²) in [4.78, 5) is 13.9. The zero-order valence-corrected chi connectivity index (χ0v) is 10.3. The summed E-state index contributed by atoms with van der Waals surface area (Å²) in [6.45, 7) is 3.04. The van der Waals surface area contributed by atoms with E-state index in [4.69, 9.17) is 15.4 Å². The molecule has 1 fully saturated rings. The van der Waals surface area contributed by atoms with Crippen LogP contribution in [-0.4, -0.2) is 34.9 Å². The Balaban J connectivity index is 1.98. The molecule has 2 heterocycles. The number of amides is 1. The van der Waals surface area contributed by atoms with E-state index in [1.807, 2.05) is 6.92 Å². The fraction of sp³-hybridized carbons (Fsp3) is 0.500. The topological polar surface area (TPSA) is 92.1 Å². The summed E-state index contributed by atoms with van der Waals surface area (Å²) in [5, 5.41) is 11.6. The first-order valence-corrected chi connectivity index (χ1v) is 5.94. The number of carbonyl (C=O) groups is 1. The number of amidine groups is 1. The number of oxime groups is 1. The number of hydrogen-bond donors (Lipinski definition) is 2. The summed E-state index contributed by atoms with van der Waals surface area (Å²) in [6, 6.07) is 1.77. The maximum atomic E-state index is 12.1. The third-order valence-electron chi connectivity index (χ3n) is 3.37. The van der Waals surface area contributed by atoms with Crippen molar-refractivity contribution >= 4 is 11.7 Å². The first-order chi connectivity index (χ1) is 8.63. The molecule has 0 aliphatic carbocycles. The van der Waals surface area contributed by atoms with E-state index >= 15 is 0 Å². The van der Waals surface area contributed by atoms with Crippen LogP contribution in [0.2, 0.25) is 0 Å². The molecule has 6 nitrogen and oxygen atoms in total. The molecule has 2 rings (SSSR count). The summed E-state index contributed by atoms with van der Waals surface area (Å²) in [7, 11) is 0. The van der Waals surface area contributed by atoms with Gasteiger partial charge in [0.15, 0.2) is 5.76 Å². The van der Waals surface area contributed by atoms with Gasteiger partial charge < -0.3 is 20.3 Å². The molecule has 1 aliphatic heterocycles. The summed E-state index contributed by atoms with van der Waals surface area (Å²) in [6.07, 6.45) is 2.94. The van der Waals surface area contributed by atoms with Gasteiger partial charge in [0.1, 0.15) is 5.84 Å². The molecule has 1 amide bonds. The fourth-order valence-electron chi connectivity index (χ4n) is 2.20. The van der Waals surface area contributed by atoms with Gasteiger partial charge in [-0.05, 0) is 25.8 Å². The van der Waals surface area contributed by atoms with Gasteiger partial charge in [0, 0.05) is 24.6 Å². The van der Waals surface area contributed by atoms with Crippen molar-refractivity contribution in [2.75, 3.05) is 13.1 Å². The van der Waals surface area contributed by atoms with Crippen LogP contribution in [0.3, 0.4) is 0 Å². The minimum atomic E-state index is -0.0875. The first kappa shape index (κ1) is 12.5. The second-order valence-electron chi connectivity index (χ2n) is 4.52. The number of likely N-dealkylation sites (tertiary alicyclic amines) is 1. The minimum Gasteiger partial charge on any atom is -0.459 e. The van der Waals surface area contributed by atoms with Crippen molar-refractivity contribution in [2.45, 2.75) is 19.8 Å². The molecule has 1 aromatic heterocycles. The van der Waals surface area contributed by atoms with Crippen LogP contribution in [0, 0.1) is 12.8 Å². The van der Waals surface area contributed by atoms with Crippen LogP contribution in [0.25, 0.3) is 0 Å². The quantitative estimate of drug-likeness (QED) is 0.357. The Morgan fingerprint density at radius 1 is 1.56 bits per heavy atom. The Morgan fingerprint density at radius 2 is 2.22 bits per heavy atom. The Bertz CT molecular complexity index is 459. The largest absolute Gasteiger partial charge is 0.459 e. The predicted molar refractivity (Wildman–Crippen MR) is 65.5 cm³/mol. The first-order valence-electron chi connectivity index (χ1n) is 5.94. The molecule has 1 aromatic rings. The van der Waals surface area contributed by atoms with Crippen molar-refractivity contribution in [3.63, 3.8) is 0 Å². The monoisotopic (exact) mass is 251 g/mol. The molecule has 6 heteroatoms.